The molecule has 1 aromatic heterocycles. The van der Waals surface area contributed by atoms with E-state index in [9.17, 15) is 4.79 Å². The summed E-state index contributed by atoms with van der Waals surface area (Å²) in [6.45, 7) is 3.58. The molecule has 7 heteroatoms. The lowest BCUT2D eigenvalue weighted by Gasteiger charge is -2.32. The summed E-state index contributed by atoms with van der Waals surface area (Å²) in [6.07, 6.45) is 2.81. The van der Waals surface area contributed by atoms with Crippen molar-refractivity contribution in [2.75, 3.05) is 26.2 Å². The molecule has 1 fully saturated rings. The van der Waals surface area contributed by atoms with Crippen molar-refractivity contribution in [3.8, 4) is 5.75 Å². The Bertz CT molecular complexity index is 995. The molecule has 4 rings (SSSR count). The maximum absolute atomic E-state index is 12.5. The van der Waals surface area contributed by atoms with Crippen LogP contribution in [-0.2, 0) is 0 Å². The van der Waals surface area contributed by atoms with Crippen LogP contribution < -0.4 is 10.1 Å². The number of piperidine rings is 1. The predicted molar refractivity (Wildman–Crippen MR) is 120 cm³/mol. The average Bonchev–Trinajstić information content (AvgIpc) is 3.17. The number of ether oxygens (including phenoxy) is 1. The van der Waals surface area contributed by atoms with Crippen molar-refractivity contribution in [2.24, 2.45) is 0 Å². The smallest absolute Gasteiger partial charge is 0.287 e. The second-order valence-corrected chi connectivity index (χ2v) is 8.41. The van der Waals surface area contributed by atoms with Crippen molar-refractivity contribution in [3.63, 3.8) is 0 Å². The van der Waals surface area contributed by atoms with Gasteiger partial charge in [0.1, 0.15) is 11.3 Å². The van der Waals surface area contributed by atoms with Crippen molar-refractivity contribution in [2.45, 2.75) is 25.3 Å². The van der Waals surface area contributed by atoms with E-state index < -0.39 is 0 Å². The summed E-state index contributed by atoms with van der Waals surface area (Å²) < 4.78 is 11.4. The number of furan rings is 1. The highest BCUT2D eigenvalue weighted by Gasteiger charge is 2.22. The third kappa shape index (κ3) is 5.48. The minimum atomic E-state index is -0.169. The van der Waals surface area contributed by atoms with Gasteiger partial charge in [0.2, 0.25) is 0 Å². The molecule has 1 aliphatic rings. The number of benzene rings is 2. The van der Waals surface area contributed by atoms with Crippen LogP contribution in [0.15, 0.2) is 52.9 Å². The third-order valence-corrected chi connectivity index (χ3v) is 5.81. The Balaban J connectivity index is 1.17. The molecule has 0 spiro atoms. The van der Waals surface area contributed by atoms with Gasteiger partial charge in [-0.05, 0) is 67.8 Å². The minimum Gasteiger partial charge on any atom is -0.494 e. The molecule has 0 aliphatic carbocycles. The zero-order valence-electron chi connectivity index (χ0n) is 16.6. The van der Waals surface area contributed by atoms with Gasteiger partial charge >= 0.3 is 0 Å². The minimum absolute atomic E-state index is 0.163. The zero-order valence-corrected chi connectivity index (χ0v) is 18.1. The molecule has 1 N–H and O–H groups in total. The van der Waals surface area contributed by atoms with Gasteiger partial charge in [-0.1, -0.05) is 23.2 Å². The van der Waals surface area contributed by atoms with Gasteiger partial charge in [-0.25, -0.2) is 0 Å². The van der Waals surface area contributed by atoms with Crippen molar-refractivity contribution in [1.29, 1.82) is 0 Å². The Morgan fingerprint density at radius 2 is 1.80 bits per heavy atom. The highest BCUT2D eigenvalue weighted by atomic mass is 35.5. The predicted octanol–water partition coefficient (Wildman–Crippen LogP) is 5.40. The first kappa shape index (κ1) is 21.0. The molecule has 3 aromatic rings. The van der Waals surface area contributed by atoms with Crippen LogP contribution in [0.1, 0.15) is 29.8 Å². The van der Waals surface area contributed by atoms with E-state index in [0.29, 0.717) is 28.0 Å². The van der Waals surface area contributed by atoms with Crippen LogP contribution in [0.2, 0.25) is 10.0 Å². The first-order chi connectivity index (χ1) is 14.6. The highest BCUT2D eigenvalue weighted by Crippen LogP contribution is 2.23. The van der Waals surface area contributed by atoms with E-state index >= 15 is 0 Å². The van der Waals surface area contributed by atoms with E-state index in [2.05, 4.69) is 10.2 Å². The number of carbonyl (C=O) groups is 1. The average molecular weight is 447 g/mol. The molecule has 0 saturated carbocycles. The summed E-state index contributed by atoms with van der Waals surface area (Å²) in [4.78, 5) is 15.0. The van der Waals surface area contributed by atoms with Gasteiger partial charge in [0, 0.05) is 41.1 Å². The van der Waals surface area contributed by atoms with Crippen molar-refractivity contribution in [3.05, 3.63) is 64.3 Å². The van der Waals surface area contributed by atoms with E-state index in [0.717, 1.165) is 50.0 Å². The van der Waals surface area contributed by atoms with Crippen molar-refractivity contribution < 1.29 is 13.9 Å². The van der Waals surface area contributed by atoms with Gasteiger partial charge in [0.15, 0.2) is 5.76 Å². The number of nitrogens with zero attached hydrogens (tertiary/aromatic N) is 1. The van der Waals surface area contributed by atoms with Crippen LogP contribution in [0, 0.1) is 0 Å². The molecule has 5 nitrogen and oxygen atoms in total. The lowest BCUT2D eigenvalue weighted by Crippen LogP contribution is -2.44. The summed E-state index contributed by atoms with van der Waals surface area (Å²) in [5, 5.41) is 5.27. The second-order valence-electron chi connectivity index (χ2n) is 7.54. The monoisotopic (exact) mass is 446 g/mol. The number of rotatable bonds is 7. The molecule has 0 radical (unpaired) electrons. The largest absolute Gasteiger partial charge is 0.494 e. The highest BCUT2D eigenvalue weighted by molar-refractivity contribution is 6.31. The molecule has 30 heavy (non-hydrogen) atoms. The van der Waals surface area contributed by atoms with Crippen LogP contribution in [-0.4, -0.2) is 43.1 Å². The number of halogens is 2. The first-order valence-electron chi connectivity index (χ1n) is 10.2. The normalized spacial score (nSPS) is 15.4. The lowest BCUT2D eigenvalue weighted by atomic mass is 10.0. The van der Waals surface area contributed by atoms with Gasteiger partial charge in [0.25, 0.3) is 5.91 Å². The van der Waals surface area contributed by atoms with Crippen LogP contribution in [0.25, 0.3) is 11.0 Å². The molecule has 1 saturated heterocycles. The fraction of sp³-hybridized carbons (Fsp3) is 0.348. The van der Waals surface area contributed by atoms with Crippen molar-refractivity contribution in [1.82, 2.24) is 10.2 Å². The number of hydrogen-bond acceptors (Lipinski definition) is 4. The van der Waals surface area contributed by atoms with Crippen LogP contribution >= 0.6 is 23.2 Å². The standard InChI is InChI=1S/C23H24Cl2N2O3/c24-17-2-5-20(6-3-17)29-13-1-10-27-11-8-19(9-12-27)26-23(28)22-15-16-14-18(25)4-7-21(16)30-22/h2-7,14-15,19H,1,8-13H2,(H,26,28). The lowest BCUT2D eigenvalue weighted by molar-refractivity contribution is 0.0884. The topological polar surface area (TPSA) is 54.7 Å². The molecule has 2 heterocycles. The number of likely N-dealkylation sites (tertiary alicyclic amines) is 1. The Kier molecular flexibility index (Phi) is 6.82. The first-order valence-corrected chi connectivity index (χ1v) is 10.9. The Morgan fingerprint density at radius 3 is 2.57 bits per heavy atom. The molecule has 2 aromatic carbocycles. The third-order valence-electron chi connectivity index (χ3n) is 5.33. The van der Waals surface area contributed by atoms with Crippen LogP contribution in [0.4, 0.5) is 0 Å². The zero-order chi connectivity index (χ0) is 20.9. The van der Waals surface area contributed by atoms with Gasteiger partial charge in [-0.3, -0.25) is 4.79 Å². The quantitative estimate of drug-likeness (QED) is 0.493. The summed E-state index contributed by atoms with van der Waals surface area (Å²) in [5.74, 6) is 1.000. The molecule has 158 valence electrons. The fourth-order valence-electron chi connectivity index (χ4n) is 3.69. The Labute approximate surface area is 185 Å². The van der Waals surface area contributed by atoms with Crippen LogP contribution in [0.5, 0.6) is 5.75 Å². The molecule has 1 amide bonds. The summed E-state index contributed by atoms with van der Waals surface area (Å²) in [7, 11) is 0. The summed E-state index contributed by atoms with van der Waals surface area (Å²) in [6, 6.07) is 14.7. The number of carbonyl (C=O) groups excluding carboxylic acids is 1. The van der Waals surface area contributed by atoms with E-state index in [1.165, 1.54) is 0 Å². The van der Waals surface area contributed by atoms with Gasteiger partial charge in [0.05, 0.1) is 6.61 Å². The Morgan fingerprint density at radius 1 is 1.07 bits per heavy atom. The second kappa shape index (κ2) is 9.73. The van der Waals surface area contributed by atoms with E-state index in [1.807, 2.05) is 24.3 Å². The summed E-state index contributed by atoms with van der Waals surface area (Å²) >= 11 is 11.9. The molecule has 0 bridgehead atoms. The Hall–Kier alpha value is -2.21. The van der Waals surface area contributed by atoms with E-state index in [4.69, 9.17) is 32.4 Å². The van der Waals surface area contributed by atoms with Gasteiger partial charge < -0.3 is 19.4 Å². The molecular formula is C23H24Cl2N2O3. The number of amides is 1. The number of hydrogen-bond donors (Lipinski definition) is 1. The molecular weight excluding hydrogens is 423 g/mol. The van der Waals surface area contributed by atoms with Gasteiger partial charge in [-0.15, -0.1) is 0 Å². The fourth-order valence-corrected chi connectivity index (χ4v) is 4.00. The molecule has 1 aliphatic heterocycles. The van der Waals surface area contributed by atoms with E-state index in [-0.39, 0.29) is 11.9 Å². The van der Waals surface area contributed by atoms with Crippen molar-refractivity contribution >= 4 is 40.1 Å². The molecule has 0 atom stereocenters. The SMILES string of the molecule is O=C(NC1CCN(CCCOc2ccc(Cl)cc2)CC1)c1cc2cc(Cl)ccc2o1. The number of fused-ring (bicyclic) bond motifs is 1. The summed E-state index contributed by atoms with van der Waals surface area (Å²) in [5.41, 5.74) is 0.667. The maximum atomic E-state index is 12.5. The van der Waals surface area contributed by atoms with Gasteiger partial charge in [-0.2, -0.15) is 0 Å². The van der Waals surface area contributed by atoms with E-state index in [1.54, 1.807) is 24.3 Å². The number of nitrogens with one attached hydrogen (secondary N) is 1. The molecule has 0 unspecified atom stereocenters. The van der Waals surface area contributed by atoms with Crippen LogP contribution in [0.3, 0.4) is 0 Å². The maximum Gasteiger partial charge on any atom is 0.287 e.